The first-order valence-corrected chi connectivity index (χ1v) is 10.3. The molecule has 3 aliphatic rings. The lowest BCUT2D eigenvalue weighted by Gasteiger charge is -2.53. The molecule has 0 saturated heterocycles. The van der Waals surface area contributed by atoms with Crippen molar-refractivity contribution < 1.29 is 14.4 Å². The van der Waals surface area contributed by atoms with E-state index < -0.39 is 0 Å². The van der Waals surface area contributed by atoms with E-state index in [1.807, 2.05) is 7.11 Å². The molecule has 1 radical (unpaired) electrons. The van der Waals surface area contributed by atoms with Crippen LogP contribution in [0, 0.1) is 0 Å². The highest BCUT2D eigenvalue weighted by Crippen LogP contribution is 2.54. The van der Waals surface area contributed by atoms with Gasteiger partial charge in [0.25, 0.3) is 0 Å². The summed E-state index contributed by atoms with van der Waals surface area (Å²) in [5, 5.41) is 12.3. The number of hydrogen-bond acceptors (Lipinski definition) is 5. The fraction of sp³-hybridized carbons (Fsp3) is 0.714. The van der Waals surface area contributed by atoms with Crippen LogP contribution in [0.15, 0.2) is 24.3 Å². The van der Waals surface area contributed by atoms with E-state index in [4.69, 9.17) is 20.1 Å². The molecule has 0 spiro atoms. The Labute approximate surface area is 164 Å². The molecule has 0 aliphatic heterocycles. The number of methoxy groups -OCH3 is 1. The quantitative estimate of drug-likeness (QED) is 0.316. The van der Waals surface area contributed by atoms with Crippen molar-refractivity contribution in [2.75, 3.05) is 13.7 Å². The summed E-state index contributed by atoms with van der Waals surface area (Å²) < 4.78 is 11.1. The third kappa shape index (κ3) is 4.93. The van der Waals surface area contributed by atoms with Crippen molar-refractivity contribution in [1.82, 2.24) is 5.32 Å². The number of rotatable bonds is 11. The van der Waals surface area contributed by atoms with Gasteiger partial charge in [-0.1, -0.05) is 24.3 Å². The van der Waals surface area contributed by atoms with E-state index in [0.29, 0.717) is 12.0 Å². The van der Waals surface area contributed by atoms with E-state index in [-0.39, 0.29) is 11.8 Å². The van der Waals surface area contributed by atoms with Gasteiger partial charge in [0.1, 0.15) is 0 Å². The van der Waals surface area contributed by atoms with Crippen molar-refractivity contribution in [3.63, 3.8) is 0 Å². The molecular weight excluding hydrogens is 339 g/mol. The number of ether oxygens (including phenoxy) is 1. The number of nitrogens with two attached hydrogens (primary N) is 1. The molecule has 4 rings (SSSR count). The first kappa shape index (κ1) is 20.8. The summed E-state index contributed by atoms with van der Waals surface area (Å²) in [5.41, 5.74) is 8.77. The zero-order valence-corrected chi connectivity index (χ0v) is 16.6. The fourth-order valence-electron chi connectivity index (χ4n) is 4.86. The molecule has 6 heteroatoms. The Hall–Kier alpha value is -0.915. The largest absolute Gasteiger partial charge is 0.486 e. The van der Waals surface area contributed by atoms with Gasteiger partial charge in [-0.05, 0) is 80.9 Å². The minimum atomic E-state index is -0.182. The molecule has 5 nitrogen and oxygen atoms in total. The molecule has 1 atom stereocenters. The van der Waals surface area contributed by atoms with Gasteiger partial charge in [0.15, 0.2) is 0 Å². The molecule has 3 saturated carbocycles. The number of benzene rings is 1. The van der Waals surface area contributed by atoms with Gasteiger partial charge in [-0.15, -0.1) is 0 Å². The maximum Gasteiger partial charge on any atom is 0.486 e. The zero-order valence-electron chi connectivity index (χ0n) is 16.6. The molecule has 149 valence electrons. The van der Waals surface area contributed by atoms with Crippen LogP contribution in [0.2, 0.25) is 0 Å². The van der Waals surface area contributed by atoms with Crippen LogP contribution in [-0.4, -0.2) is 38.2 Å². The summed E-state index contributed by atoms with van der Waals surface area (Å²) in [4.78, 5) is 0. The number of hydrogen-bond donors (Lipinski definition) is 3. The molecule has 3 aliphatic carbocycles. The van der Waals surface area contributed by atoms with Gasteiger partial charge >= 0.3 is 7.69 Å². The van der Waals surface area contributed by atoms with E-state index in [1.54, 1.807) is 0 Å². The predicted octanol–water partition coefficient (Wildman–Crippen LogP) is 2.77. The maximum absolute atomic E-state index is 8.95. The SMILES string of the molecule is COC12CCC(c3ccc(CN[C@@H](CCCCN)O[B]O)cc3)(CC1)CC2. The van der Waals surface area contributed by atoms with Crippen LogP contribution in [0.1, 0.15) is 68.9 Å². The van der Waals surface area contributed by atoms with Crippen LogP contribution in [0.5, 0.6) is 0 Å². The van der Waals surface area contributed by atoms with Crippen LogP contribution in [0.3, 0.4) is 0 Å². The van der Waals surface area contributed by atoms with Gasteiger partial charge in [-0.2, -0.15) is 0 Å². The van der Waals surface area contributed by atoms with Gasteiger partial charge in [0.2, 0.25) is 0 Å². The van der Waals surface area contributed by atoms with Gasteiger partial charge in [-0.3, -0.25) is 5.32 Å². The number of fused-ring (bicyclic) bond motifs is 3. The highest BCUT2D eigenvalue weighted by Gasteiger charge is 2.49. The minimum Gasteiger partial charge on any atom is -0.429 e. The van der Waals surface area contributed by atoms with E-state index in [1.165, 1.54) is 49.7 Å². The van der Waals surface area contributed by atoms with Gasteiger partial charge < -0.3 is 20.1 Å². The fourth-order valence-corrected chi connectivity index (χ4v) is 4.86. The molecular formula is C21H34BN2O3. The Morgan fingerprint density at radius 1 is 1.11 bits per heavy atom. The average molecular weight is 373 g/mol. The van der Waals surface area contributed by atoms with E-state index in [2.05, 4.69) is 29.6 Å². The van der Waals surface area contributed by atoms with E-state index >= 15 is 0 Å². The molecule has 0 amide bonds. The highest BCUT2D eigenvalue weighted by molar-refractivity contribution is 6.15. The molecule has 0 heterocycles. The zero-order chi connectivity index (χ0) is 19.2. The normalized spacial score (nSPS) is 28.3. The second-order valence-corrected chi connectivity index (χ2v) is 8.26. The van der Waals surface area contributed by atoms with Crippen molar-refractivity contribution in [3.05, 3.63) is 35.4 Å². The Morgan fingerprint density at radius 3 is 2.33 bits per heavy atom. The molecule has 0 unspecified atom stereocenters. The van der Waals surface area contributed by atoms with Crippen molar-refractivity contribution in [1.29, 1.82) is 0 Å². The molecule has 0 aromatic heterocycles. The molecule has 1 aromatic carbocycles. The van der Waals surface area contributed by atoms with Crippen LogP contribution in [0.4, 0.5) is 0 Å². The summed E-state index contributed by atoms with van der Waals surface area (Å²) in [6.07, 6.45) is 9.87. The van der Waals surface area contributed by atoms with Crippen LogP contribution in [-0.2, 0) is 21.4 Å². The van der Waals surface area contributed by atoms with Gasteiger partial charge in [-0.25, -0.2) is 0 Å². The minimum absolute atomic E-state index is 0.161. The smallest absolute Gasteiger partial charge is 0.429 e. The van der Waals surface area contributed by atoms with Crippen LogP contribution < -0.4 is 11.1 Å². The number of nitrogens with one attached hydrogen (secondary N) is 1. The second-order valence-electron chi connectivity index (χ2n) is 8.26. The summed E-state index contributed by atoms with van der Waals surface area (Å²) in [5.74, 6) is 0. The average Bonchev–Trinajstić information content (AvgIpc) is 2.74. The lowest BCUT2D eigenvalue weighted by Crippen LogP contribution is -2.49. The molecule has 2 bridgehead atoms. The third-order valence-electron chi connectivity index (χ3n) is 6.86. The first-order valence-electron chi connectivity index (χ1n) is 10.3. The second kappa shape index (κ2) is 9.53. The Balaban J connectivity index is 1.54. The molecule has 4 N–H and O–H groups in total. The standard InChI is InChI=1S/C21H34BN2O3/c1-26-21-12-9-20(10-13-21,11-14-21)18-7-5-17(6-8-18)16-24-19(27-22-25)4-2-3-15-23/h5-8,19,24-25H,2-4,9-16,23H2,1H3/t19-,20?,21?/m1/s1. The Bertz CT molecular complexity index is 557. The highest BCUT2D eigenvalue weighted by atomic mass is 16.5. The summed E-state index contributed by atoms with van der Waals surface area (Å²) in [6.45, 7) is 1.41. The third-order valence-corrected chi connectivity index (χ3v) is 6.86. The topological polar surface area (TPSA) is 76.7 Å². The van der Waals surface area contributed by atoms with Crippen molar-refractivity contribution in [3.8, 4) is 0 Å². The summed E-state index contributed by atoms with van der Waals surface area (Å²) in [6, 6.07) is 9.07. The summed E-state index contributed by atoms with van der Waals surface area (Å²) in [7, 11) is 2.65. The predicted molar refractivity (Wildman–Crippen MR) is 108 cm³/mol. The molecule has 27 heavy (non-hydrogen) atoms. The van der Waals surface area contributed by atoms with Gasteiger partial charge in [0.05, 0.1) is 11.8 Å². The van der Waals surface area contributed by atoms with E-state index in [9.17, 15) is 0 Å². The number of unbranched alkanes of at least 4 members (excludes halogenated alkanes) is 1. The van der Waals surface area contributed by atoms with Crippen molar-refractivity contribution in [2.45, 2.75) is 81.6 Å². The Morgan fingerprint density at radius 2 is 1.78 bits per heavy atom. The van der Waals surface area contributed by atoms with E-state index in [0.717, 1.165) is 33.5 Å². The van der Waals surface area contributed by atoms with Crippen molar-refractivity contribution >= 4 is 7.69 Å². The first-order chi connectivity index (χ1) is 13.2. The summed E-state index contributed by atoms with van der Waals surface area (Å²) >= 11 is 0. The van der Waals surface area contributed by atoms with Gasteiger partial charge in [0, 0.05) is 13.7 Å². The lowest BCUT2D eigenvalue weighted by atomic mass is 9.56. The van der Waals surface area contributed by atoms with Crippen LogP contribution in [0.25, 0.3) is 0 Å². The van der Waals surface area contributed by atoms with Crippen LogP contribution >= 0.6 is 0 Å². The van der Waals surface area contributed by atoms with Crippen molar-refractivity contribution in [2.24, 2.45) is 5.73 Å². The molecule has 3 fully saturated rings. The molecule has 1 aromatic rings. The maximum atomic E-state index is 8.95. The monoisotopic (exact) mass is 373 g/mol. The lowest BCUT2D eigenvalue weighted by molar-refractivity contribution is -0.0955. The Kier molecular flexibility index (Phi) is 7.34.